The van der Waals surface area contributed by atoms with Crippen LogP contribution in [-0.2, 0) is 12.7 Å². The van der Waals surface area contributed by atoms with E-state index in [4.69, 9.17) is 0 Å². The lowest BCUT2D eigenvalue weighted by Crippen LogP contribution is -2.53. The summed E-state index contributed by atoms with van der Waals surface area (Å²) in [4.78, 5) is 15.2. The van der Waals surface area contributed by atoms with Crippen LogP contribution in [0, 0.1) is 5.41 Å². The largest absolute Gasteiger partial charge is 0.465 e. The van der Waals surface area contributed by atoms with Crippen LogP contribution in [0.25, 0.3) is 0 Å². The number of nitrogens with zero attached hydrogens (tertiary/aromatic N) is 2. The van der Waals surface area contributed by atoms with E-state index in [-0.39, 0.29) is 29.6 Å². The molecular weight excluding hydrogens is 357 g/mol. The van der Waals surface area contributed by atoms with Crippen molar-refractivity contribution in [3.05, 3.63) is 35.4 Å². The topological polar surface area (TPSA) is 43.8 Å². The summed E-state index contributed by atoms with van der Waals surface area (Å²) in [7, 11) is 0. The molecule has 27 heavy (non-hydrogen) atoms. The van der Waals surface area contributed by atoms with Gasteiger partial charge in [-0.1, -0.05) is 45.9 Å². The van der Waals surface area contributed by atoms with Crippen molar-refractivity contribution in [1.82, 2.24) is 9.80 Å². The van der Waals surface area contributed by atoms with E-state index in [1.807, 2.05) is 32.6 Å². The first-order valence-corrected chi connectivity index (χ1v) is 9.35. The van der Waals surface area contributed by atoms with Gasteiger partial charge in [-0.2, -0.15) is 13.2 Å². The second-order valence-corrected chi connectivity index (χ2v) is 8.27. The van der Waals surface area contributed by atoms with Gasteiger partial charge < -0.3 is 10.0 Å². The van der Waals surface area contributed by atoms with Gasteiger partial charge in [0.05, 0.1) is 11.6 Å². The lowest BCUT2D eigenvalue weighted by molar-refractivity contribution is -0.138. The molecule has 1 heterocycles. The van der Waals surface area contributed by atoms with Crippen LogP contribution in [0.15, 0.2) is 24.3 Å². The minimum Gasteiger partial charge on any atom is -0.465 e. The molecule has 0 spiro atoms. The number of amides is 1. The molecule has 0 bridgehead atoms. The van der Waals surface area contributed by atoms with E-state index < -0.39 is 17.8 Å². The number of hydrogen-bond acceptors (Lipinski definition) is 2. The van der Waals surface area contributed by atoms with Gasteiger partial charge in [-0.3, -0.25) is 4.90 Å². The summed E-state index contributed by atoms with van der Waals surface area (Å²) >= 11 is 0. The van der Waals surface area contributed by atoms with Crippen molar-refractivity contribution >= 4 is 6.09 Å². The summed E-state index contributed by atoms with van der Waals surface area (Å²) in [5.41, 5.74) is -0.693. The Morgan fingerprint density at radius 1 is 1.26 bits per heavy atom. The first-order valence-electron chi connectivity index (χ1n) is 9.35. The normalized spacial score (nSPS) is 21.1. The van der Waals surface area contributed by atoms with Gasteiger partial charge in [-0.15, -0.1) is 0 Å². The van der Waals surface area contributed by atoms with Crippen molar-refractivity contribution in [3.63, 3.8) is 0 Å². The molecular formula is C20H29F3N2O2. The van der Waals surface area contributed by atoms with Crippen molar-refractivity contribution in [3.8, 4) is 0 Å². The average Bonchev–Trinajstić information content (AvgIpc) is 2.99. The zero-order valence-corrected chi connectivity index (χ0v) is 16.4. The van der Waals surface area contributed by atoms with Crippen LogP contribution < -0.4 is 0 Å². The molecule has 0 aliphatic carbocycles. The molecule has 1 aromatic carbocycles. The van der Waals surface area contributed by atoms with Crippen molar-refractivity contribution in [2.24, 2.45) is 5.41 Å². The molecule has 2 atom stereocenters. The third-order valence-electron chi connectivity index (χ3n) is 5.18. The molecule has 1 amide bonds. The molecule has 4 nitrogen and oxygen atoms in total. The Kier molecular flexibility index (Phi) is 6.45. The molecule has 1 N–H and O–H groups in total. The van der Waals surface area contributed by atoms with Gasteiger partial charge in [0, 0.05) is 19.1 Å². The van der Waals surface area contributed by atoms with E-state index in [0.717, 1.165) is 12.5 Å². The average molecular weight is 386 g/mol. The highest BCUT2D eigenvalue weighted by Gasteiger charge is 2.46. The minimum atomic E-state index is -4.40. The summed E-state index contributed by atoms with van der Waals surface area (Å²) in [5, 5.41) is 9.58. The fourth-order valence-corrected chi connectivity index (χ4v) is 4.22. The molecule has 1 aliphatic heterocycles. The number of halogens is 3. The Balaban J connectivity index is 2.36. The van der Waals surface area contributed by atoms with Gasteiger partial charge >= 0.3 is 12.3 Å². The maximum Gasteiger partial charge on any atom is 0.416 e. The Labute approximate surface area is 159 Å². The second kappa shape index (κ2) is 8.09. The van der Waals surface area contributed by atoms with Gasteiger partial charge in [-0.25, -0.2) is 4.79 Å². The molecule has 0 aromatic heterocycles. The maximum absolute atomic E-state index is 13.4. The van der Waals surface area contributed by atoms with Crippen LogP contribution in [0.1, 0.15) is 51.7 Å². The zero-order valence-electron chi connectivity index (χ0n) is 16.4. The lowest BCUT2D eigenvalue weighted by Gasteiger charge is -2.41. The Morgan fingerprint density at radius 2 is 1.89 bits per heavy atom. The third-order valence-corrected chi connectivity index (χ3v) is 5.18. The van der Waals surface area contributed by atoms with E-state index in [1.54, 1.807) is 6.07 Å². The molecule has 0 saturated carbocycles. The molecule has 1 unspecified atom stereocenters. The first kappa shape index (κ1) is 21.5. The molecule has 1 aliphatic rings. The lowest BCUT2D eigenvalue weighted by atomic mass is 9.82. The van der Waals surface area contributed by atoms with Gasteiger partial charge in [0.15, 0.2) is 0 Å². The van der Waals surface area contributed by atoms with Gasteiger partial charge in [-0.05, 0) is 36.4 Å². The molecule has 152 valence electrons. The van der Waals surface area contributed by atoms with Crippen LogP contribution in [0.5, 0.6) is 0 Å². The monoisotopic (exact) mass is 386 g/mol. The van der Waals surface area contributed by atoms with Crippen LogP contribution in [0.2, 0.25) is 0 Å². The number of rotatable bonds is 5. The highest BCUT2D eigenvalue weighted by molar-refractivity contribution is 5.66. The predicted octanol–water partition coefficient (Wildman–Crippen LogP) is 5.08. The Bertz CT molecular complexity index is 655. The second-order valence-electron chi connectivity index (χ2n) is 8.27. The summed E-state index contributed by atoms with van der Waals surface area (Å²) in [5.74, 6) is 0. The molecule has 1 saturated heterocycles. The summed E-state index contributed by atoms with van der Waals surface area (Å²) in [6.07, 6.45) is -3.96. The van der Waals surface area contributed by atoms with E-state index in [1.165, 1.54) is 17.0 Å². The van der Waals surface area contributed by atoms with Crippen LogP contribution >= 0.6 is 0 Å². The minimum absolute atomic E-state index is 0.109. The predicted molar refractivity (Wildman–Crippen MR) is 98.5 cm³/mol. The Hall–Kier alpha value is -1.76. The number of benzene rings is 1. The maximum atomic E-state index is 13.4. The summed E-state index contributed by atoms with van der Waals surface area (Å²) < 4.78 is 40.2. The van der Waals surface area contributed by atoms with E-state index >= 15 is 0 Å². The molecule has 2 rings (SSSR count). The highest BCUT2D eigenvalue weighted by atomic mass is 19.4. The van der Waals surface area contributed by atoms with E-state index in [0.29, 0.717) is 19.5 Å². The smallest absolute Gasteiger partial charge is 0.416 e. The number of hydrogen-bond donors (Lipinski definition) is 1. The third kappa shape index (κ3) is 4.94. The highest BCUT2D eigenvalue weighted by Crippen LogP contribution is 2.38. The molecule has 7 heteroatoms. The fourth-order valence-electron chi connectivity index (χ4n) is 4.22. The zero-order chi connectivity index (χ0) is 20.4. The van der Waals surface area contributed by atoms with Crippen LogP contribution in [-0.4, -0.2) is 46.2 Å². The fraction of sp³-hybridized carbons (Fsp3) is 0.650. The van der Waals surface area contributed by atoms with Crippen LogP contribution in [0.4, 0.5) is 18.0 Å². The quantitative estimate of drug-likeness (QED) is 0.767. The van der Waals surface area contributed by atoms with Crippen molar-refractivity contribution in [2.45, 2.75) is 65.3 Å². The van der Waals surface area contributed by atoms with Crippen LogP contribution in [0.3, 0.4) is 0 Å². The number of carbonyl (C=O) groups is 1. The van der Waals surface area contributed by atoms with Crippen molar-refractivity contribution in [2.75, 3.05) is 13.1 Å². The molecule has 0 radical (unpaired) electrons. The van der Waals surface area contributed by atoms with Gasteiger partial charge in [0.1, 0.15) is 0 Å². The summed E-state index contributed by atoms with van der Waals surface area (Å²) in [6, 6.07) is 5.27. The van der Waals surface area contributed by atoms with Gasteiger partial charge in [0.2, 0.25) is 0 Å². The first-order chi connectivity index (χ1) is 12.5. The van der Waals surface area contributed by atoms with Crippen molar-refractivity contribution in [1.29, 1.82) is 0 Å². The van der Waals surface area contributed by atoms with Gasteiger partial charge in [0.25, 0.3) is 0 Å². The number of likely N-dealkylation sites (tertiary alicyclic amines) is 1. The molecule has 1 aromatic rings. The number of carboxylic acid groups (broad SMARTS) is 1. The number of alkyl halides is 3. The standard InChI is InChI=1S/C20H29F3N2O2/c1-5-11-24(13-14-8-6-7-9-15(14)20(21,22)23)16-10-12-25(18(26)27)17(16)19(2,3)4/h6-9,16-17H,5,10-13H2,1-4H3,(H,26,27)/t16-,17?/m0/s1. The Morgan fingerprint density at radius 3 is 2.41 bits per heavy atom. The molecule has 1 fully saturated rings. The summed E-state index contributed by atoms with van der Waals surface area (Å²) in [6.45, 7) is 9.13. The van der Waals surface area contributed by atoms with E-state index in [2.05, 4.69) is 0 Å². The van der Waals surface area contributed by atoms with E-state index in [9.17, 15) is 23.1 Å². The SMILES string of the molecule is CCCN(Cc1ccccc1C(F)(F)F)[C@H]1CCN(C(=O)O)C1C(C)(C)C. The van der Waals surface area contributed by atoms with Crippen molar-refractivity contribution < 1.29 is 23.1 Å².